The summed E-state index contributed by atoms with van der Waals surface area (Å²) >= 11 is 0. The fraction of sp³-hybridized carbons (Fsp3) is 0.647. The van der Waals surface area contributed by atoms with Crippen molar-refractivity contribution in [3.05, 3.63) is 35.9 Å². The van der Waals surface area contributed by atoms with Crippen molar-refractivity contribution in [2.45, 2.75) is 69.7 Å². The number of hydrogen-bond donors (Lipinski definition) is 1. The van der Waals surface area contributed by atoms with E-state index in [9.17, 15) is 5.11 Å². The molecule has 3 rings (SSSR count). The summed E-state index contributed by atoms with van der Waals surface area (Å²) in [6.45, 7) is 3.23. The number of hydrogen-bond acceptors (Lipinski definition) is 2. The minimum Gasteiger partial charge on any atom is -0.390 e. The maximum atomic E-state index is 10.7. The third kappa shape index (κ3) is 2.70. The highest BCUT2D eigenvalue weighted by Crippen LogP contribution is 2.43. The van der Waals surface area contributed by atoms with Crippen molar-refractivity contribution in [2.75, 3.05) is 0 Å². The van der Waals surface area contributed by atoms with Crippen LogP contribution in [0.4, 0.5) is 0 Å². The van der Waals surface area contributed by atoms with Gasteiger partial charge in [-0.05, 0) is 37.7 Å². The second-order valence-electron chi connectivity index (χ2n) is 6.43. The molecule has 2 bridgehead atoms. The summed E-state index contributed by atoms with van der Waals surface area (Å²) < 4.78 is 0. The van der Waals surface area contributed by atoms with Crippen LogP contribution in [0.25, 0.3) is 0 Å². The summed E-state index contributed by atoms with van der Waals surface area (Å²) in [6.07, 6.45) is 6.55. The Hall–Kier alpha value is -0.860. The summed E-state index contributed by atoms with van der Waals surface area (Å²) in [6, 6.07) is 11.9. The summed E-state index contributed by atoms with van der Waals surface area (Å²) in [7, 11) is 0. The van der Waals surface area contributed by atoms with Gasteiger partial charge in [-0.1, -0.05) is 43.7 Å². The van der Waals surface area contributed by atoms with Gasteiger partial charge in [0.2, 0.25) is 0 Å². The molecule has 1 aromatic carbocycles. The molecule has 19 heavy (non-hydrogen) atoms. The van der Waals surface area contributed by atoms with Gasteiger partial charge >= 0.3 is 0 Å². The highest BCUT2D eigenvalue weighted by Gasteiger charge is 2.46. The van der Waals surface area contributed by atoms with Crippen LogP contribution in [0.5, 0.6) is 0 Å². The van der Waals surface area contributed by atoms with Crippen LogP contribution in [0.3, 0.4) is 0 Å². The Morgan fingerprint density at radius 3 is 2.37 bits per heavy atom. The molecule has 104 valence electrons. The lowest BCUT2D eigenvalue weighted by Gasteiger charge is -2.44. The van der Waals surface area contributed by atoms with Crippen molar-refractivity contribution in [2.24, 2.45) is 0 Å². The van der Waals surface area contributed by atoms with Gasteiger partial charge in [-0.25, -0.2) is 0 Å². The predicted molar refractivity (Wildman–Crippen MR) is 77.9 cm³/mol. The summed E-state index contributed by atoms with van der Waals surface area (Å²) in [5, 5.41) is 10.7. The summed E-state index contributed by atoms with van der Waals surface area (Å²) in [5.41, 5.74) is 1.02. The zero-order chi connectivity index (χ0) is 13.3. The molecule has 2 aliphatic rings. The smallest absolute Gasteiger partial charge is 0.0677 e. The van der Waals surface area contributed by atoms with E-state index >= 15 is 0 Å². The van der Waals surface area contributed by atoms with Crippen LogP contribution < -0.4 is 0 Å². The van der Waals surface area contributed by atoms with E-state index in [1.54, 1.807) is 0 Å². The number of piperidine rings is 1. The second kappa shape index (κ2) is 5.26. The number of rotatable bonds is 4. The van der Waals surface area contributed by atoms with Gasteiger partial charge < -0.3 is 5.11 Å². The maximum absolute atomic E-state index is 10.7. The third-order valence-electron chi connectivity index (χ3n) is 4.93. The molecule has 0 saturated carbocycles. The molecule has 0 radical (unpaired) electrons. The van der Waals surface area contributed by atoms with Crippen molar-refractivity contribution in [3.8, 4) is 0 Å². The predicted octanol–water partition coefficient (Wildman–Crippen LogP) is 3.34. The second-order valence-corrected chi connectivity index (χ2v) is 6.43. The molecule has 1 aromatic rings. The van der Waals surface area contributed by atoms with E-state index in [4.69, 9.17) is 0 Å². The van der Waals surface area contributed by atoms with E-state index < -0.39 is 0 Å². The van der Waals surface area contributed by atoms with E-state index in [0.29, 0.717) is 12.1 Å². The van der Waals surface area contributed by atoms with Gasteiger partial charge in [0.05, 0.1) is 5.60 Å². The van der Waals surface area contributed by atoms with Crippen LogP contribution in [0.2, 0.25) is 0 Å². The molecule has 2 saturated heterocycles. The Balaban J connectivity index is 1.70. The first-order chi connectivity index (χ1) is 9.20. The van der Waals surface area contributed by atoms with E-state index in [-0.39, 0.29) is 5.60 Å². The van der Waals surface area contributed by atoms with Gasteiger partial charge in [0.1, 0.15) is 0 Å². The SMILES string of the molecule is CCCC1(O)CC2CCC(C1)N2Cc1ccccc1. The molecule has 2 heteroatoms. The Morgan fingerprint density at radius 1 is 1.16 bits per heavy atom. The molecule has 0 aliphatic carbocycles. The minimum absolute atomic E-state index is 0.381. The van der Waals surface area contributed by atoms with Crippen molar-refractivity contribution >= 4 is 0 Å². The first-order valence-electron chi connectivity index (χ1n) is 7.72. The average molecular weight is 259 g/mol. The first kappa shape index (κ1) is 13.1. The van der Waals surface area contributed by atoms with Crippen molar-refractivity contribution in [3.63, 3.8) is 0 Å². The van der Waals surface area contributed by atoms with Crippen LogP contribution in [0.15, 0.2) is 30.3 Å². The van der Waals surface area contributed by atoms with Gasteiger partial charge in [0.25, 0.3) is 0 Å². The first-order valence-corrected chi connectivity index (χ1v) is 7.72. The maximum Gasteiger partial charge on any atom is 0.0677 e. The lowest BCUT2D eigenvalue weighted by Crippen LogP contribution is -2.50. The molecule has 0 amide bonds. The Kier molecular flexibility index (Phi) is 3.64. The largest absolute Gasteiger partial charge is 0.390 e. The zero-order valence-electron chi connectivity index (χ0n) is 11.9. The minimum atomic E-state index is -0.381. The lowest BCUT2D eigenvalue weighted by atomic mass is 9.82. The molecular weight excluding hydrogens is 234 g/mol. The molecule has 2 nitrogen and oxygen atoms in total. The fourth-order valence-electron chi connectivity index (χ4n) is 4.14. The van der Waals surface area contributed by atoms with Gasteiger partial charge in [0, 0.05) is 18.6 Å². The van der Waals surface area contributed by atoms with Crippen LogP contribution in [0.1, 0.15) is 51.0 Å². The average Bonchev–Trinajstić information content (AvgIpc) is 2.65. The van der Waals surface area contributed by atoms with Crippen LogP contribution in [-0.4, -0.2) is 27.7 Å². The number of nitrogens with zero attached hydrogens (tertiary/aromatic N) is 1. The van der Waals surface area contributed by atoms with Crippen LogP contribution in [0, 0.1) is 0 Å². The zero-order valence-corrected chi connectivity index (χ0v) is 11.9. The van der Waals surface area contributed by atoms with E-state index in [0.717, 1.165) is 32.2 Å². The Morgan fingerprint density at radius 2 is 1.79 bits per heavy atom. The topological polar surface area (TPSA) is 23.5 Å². The molecule has 2 unspecified atom stereocenters. The third-order valence-corrected chi connectivity index (χ3v) is 4.93. The van der Waals surface area contributed by atoms with Gasteiger partial charge in [0.15, 0.2) is 0 Å². The Labute approximate surface area is 116 Å². The quantitative estimate of drug-likeness (QED) is 0.896. The van der Waals surface area contributed by atoms with Crippen LogP contribution >= 0.6 is 0 Å². The van der Waals surface area contributed by atoms with Crippen molar-refractivity contribution in [1.82, 2.24) is 4.90 Å². The van der Waals surface area contributed by atoms with Crippen molar-refractivity contribution < 1.29 is 5.11 Å². The molecule has 2 heterocycles. The molecule has 2 fully saturated rings. The van der Waals surface area contributed by atoms with Gasteiger partial charge in [-0.2, -0.15) is 0 Å². The Bertz CT molecular complexity index is 403. The van der Waals surface area contributed by atoms with E-state index in [1.165, 1.54) is 18.4 Å². The molecule has 2 aliphatic heterocycles. The lowest BCUT2D eigenvalue weighted by molar-refractivity contribution is -0.0600. The molecule has 0 aromatic heterocycles. The normalized spacial score (nSPS) is 34.6. The molecule has 1 N–H and O–H groups in total. The number of benzene rings is 1. The monoisotopic (exact) mass is 259 g/mol. The van der Waals surface area contributed by atoms with Gasteiger partial charge in [-0.15, -0.1) is 0 Å². The van der Waals surface area contributed by atoms with Gasteiger partial charge in [-0.3, -0.25) is 4.90 Å². The fourth-order valence-corrected chi connectivity index (χ4v) is 4.14. The highest BCUT2D eigenvalue weighted by molar-refractivity contribution is 5.16. The van der Waals surface area contributed by atoms with Crippen LogP contribution in [-0.2, 0) is 6.54 Å². The van der Waals surface area contributed by atoms with E-state index in [1.807, 2.05) is 0 Å². The molecular formula is C17H25NO. The number of fused-ring (bicyclic) bond motifs is 2. The number of aliphatic hydroxyl groups is 1. The summed E-state index contributed by atoms with van der Waals surface area (Å²) in [4.78, 5) is 2.64. The molecule has 0 spiro atoms. The van der Waals surface area contributed by atoms with Crippen molar-refractivity contribution in [1.29, 1.82) is 0 Å². The van der Waals surface area contributed by atoms with E-state index in [2.05, 4.69) is 42.2 Å². The standard InChI is InChI=1S/C17H25NO/c1-2-10-17(19)11-15-8-9-16(12-17)18(15)13-14-6-4-3-5-7-14/h3-7,15-16,19H,2,8-13H2,1H3. The highest BCUT2D eigenvalue weighted by atomic mass is 16.3. The summed E-state index contributed by atoms with van der Waals surface area (Å²) in [5.74, 6) is 0. The molecule has 2 atom stereocenters.